The molecule has 0 amide bonds. The van der Waals surface area contributed by atoms with Crippen molar-refractivity contribution in [1.82, 2.24) is 0 Å². The molecule has 2 aromatic carbocycles. The molecule has 104 valence electrons. The number of phenolic OH excluding ortho intramolecular Hbond substituents is 1. The molecule has 0 heterocycles. The molecular weight excluding hydrogens is 266 g/mol. The number of rotatable bonds is 4. The first-order valence-corrected chi connectivity index (χ1v) is 6.24. The number of hydrogen-bond acceptors (Lipinski definition) is 4. The van der Waals surface area contributed by atoms with Crippen molar-refractivity contribution in [1.29, 1.82) is 5.26 Å². The van der Waals surface area contributed by atoms with Gasteiger partial charge in [0.2, 0.25) is 5.78 Å². The van der Waals surface area contributed by atoms with E-state index in [9.17, 15) is 9.90 Å². The second kappa shape index (κ2) is 6.40. The van der Waals surface area contributed by atoms with Gasteiger partial charge in [0, 0.05) is 6.07 Å². The van der Waals surface area contributed by atoms with Gasteiger partial charge in [-0.15, -0.1) is 0 Å². The van der Waals surface area contributed by atoms with E-state index < -0.39 is 5.78 Å². The molecule has 4 nitrogen and oxygen atoms in total. The largest absolute Gasteiger partial charge is 0.507 e. The van der Waals surface area contributed by atoms with E-state index in [1.54, 1.807) is 18.2 Å². The number of hydrogen-bond donors (Lipinski definition) is 1. The molecule has 0 atom stereocenters. The normalized spacial score (nSPS) is 10.8. The third kappa shape index (κ3) is 3.28. The molecular formula is C17H13NO3. The molecule has 0 aliphatic rings. The highest BCUT2D eigenvalue weighted by Crippen LogP contribution is 2.26. The maximum Gasteiger partial charge on any atom is 0.207 e. The summed E-state index contributed by atoms with van der Waals surface area (Å²) in [5.41, 5.74) is 0.775. The van der Waals surface area contributed by atoms with Crippen LogP contribution in [-0.2, 0) is 0 Å². The van der Waals surface area contributed by atoms with Crippen LogP contribution in [0.5, 0.6) is 11.5 Å². The van der Waals surface area contributed by atoms with E-state index in [1.807, 2.05) is 24.3 Å². The Kier molecular flexibility index (Phi) is 4.37. The maximum atomic E-state index is 12.3. The number of ether oxygens (including phenoxy) is 1. The average molecular weight is 279 g/mol. The van der Waals surface area contributed by atoms with Crippen molar-refractivity contribution in [3.8, 4) is 17.6 Å². The van der Waals surface area contributed by atoms with E-state index in [-0.39, 0.29) is 16.9 Å². The first kappa shape index (κ1) is 14.4. The highest BCUT2D eigenvalue weighted by molar-refractivity contribution is 6.15. The summed E-state index contributed by atoms with van der Waals surface area (Å²) in [6.45, 7) is 0. The van der Waals surface area contributed by atoms with E-state index in [4.69, 9.17) is 10.00 Å². The lowest BCUT2D eigenvalue weighted by Gasteiger charge is -2.05. The van der Waals surface area contributed by atoms with Gasteiger partial charge in [0.25, 0.3) is 0 Å². The van der Waals surface area contributed by atoms with Crippen molar-refractivity contribution in [2.24, 2.45) is 0 Å². The summed E-state index contributed by atoms with van der Waals surface area (Å²) in [5, 5.41) is 19.0. The van der Waals surface area contributed by atoms with Crippen molar-refractivity contribution >= 4 is 11.9 Å². The van der Waals surface area contributed by atoms with Crippen LogP contribution in [-0.4, -0.2) is 18.0 Å². The molecule has 0 saturated carbocycles. The van der Waals surface area contributed by atoms with Gasteiger partial charge >= 0.3 is 0 Å². The molecule has 4 heteroatoms. The Bertz CT molecular complexity index is 727. The van der Waals surface area contributed by atoms with Gasteiger partial charge in [-0.2, -0.15) is 5.26 Å². The molecule has 2 rings (SSSR count). The number of Topliss-reactive ketones (excluding diaryl/α,β-unsaturated/α-hetero) is 1. The quantitative estimate of drug-likeness (QED) is 0.530. The number of nitrogens with zero attached hydrogens (tertiary/aromatic N) is 1. The minimum absolute atomic E-state index is 0.0401. The van der Waals surface area contributed by atoms with Crippen molar-refractivity contribution < 1.29 is 14.6 Å². The van der Waals surface area contributed by atoms with Crippen LogP contribution in [0.4, 0.5) is 0 Å². The summed E-state index contributed by atoms with van der Waals surface area (Å²) in [6.07, 6.45) is 1.49. The zero-order chi connectivity index (χ0) is 15.2. The van der Waals surface area contributed by atoms with Crippen LogP contribution in [0.3, 0.4) is 0 Å². The molecule has 0 fully saturated rings. The third-order valence-corrected chi connectivity index (χ3v) is 2.93. The van der Waals surface area contributed by atoms with Gasteiger partial charge < -0.3 is 9.84 Å². The number of carbonyl (C=O) groups excluding carboxylic acids is 1. The van der Waals surface area contributed by atoms with E-state index >= 15 is 0 Å². The number of nitriles is 1. The Morgan fingerprint density at radius 1 is 1.24 bits per heavy atom. The van der Waals surface area contributed by atoms with E-state index in [0.717, 1.165) is 5.56 Å². The third-order valence-electron chi connectivity index (χ3n) is 2.93. The summed E-state index contributed by atoms with van der Waals surface area (Å²) < 4.78 is 4.96. The Balaban J connectivity index is 2.38. The van der Waals surface area contributed by atoms with Crippen LogP contribution in [0.1, 0.15) is 15.9 Å². The monoisotopic (exact) mass is 279 g/mol. The molecule has 1 N–H and O–H groups in total. The first-order valence-electron chi connectivity index (χ1n) is 6.24. The van der Waals surface area contributed by atoms with Gasteiger partial charge in [0.05, 0.1) is 12.7 Å². The Morgan fingerprint density at radius 3 is 2.52 bits per heavy atom. The number of allylic oxidation sites excluding steroid dienone is 1. The van der Waals surface area contributed by atoms with E-state index in [1.165, 1.54) is 25.3 Å². The fraction of sp³-hybridized carbons (Fsp3) is 0.0588. The topological polar surface area (TPSA) is 70.3 Å². The second-order valence-corrected chi connectivity index (χ2v) is 4.29. The van der Waals surface area contributed by atoms with Crippen LogP contribution >= 0.6 is 0 Å². The van der Waals surface area contributed by atoms with Crippen molar-refractivity contribution in [3.63, 3.8) is 0 Å². The number of aromatic hydroxyl groups is 1. The fourth-order valence-electron chi connectivity index (χ4n) is 1.84. The number of phenols is 1. The average Bonchev–Trinajstić information content (AvgIpc) is 2.52. The standard InChI is InChI=1S/C17H13NO3/c1-21-14-7-8-15(16(19)10-14)17(20)13(11-18)9-12-5-3-2-4-6-12/h2-10,19H,1H3. The van der Waals surface area contributed by atoms with E-state index in [2.05, 4.69) is 0 Å². The number of benzene rings is 2. The fourth-order valence-corrected chi connectivity index (χ4v) is 1.84. The summed E-state index contributed by atoms with van der Waals surface area (Å²) in [4.78, 5) is 12.3. The minimum atomic E-state index is -0.526. The Labute approximate surface area is 122 Å². The predicted octanol–water partition coefficient (Wildman–Crippen LogP) is 3.19. The minimum Gasteiger partial charge on any atom is -0.507 e. The highest BCUT2D eigenvalue weighted by Gasteiger charge is 2.16. The molecule has 0 aliphatic heterocycles. The van der Waals surface area contributed by atoms with E-state index in [0.29, 0.717) is 5.75 Å². The van der Waals surface area contributed by atoms with Gasteiger partial charge in [-0.25, -0.2) is 0 Å². The van der Waals surface area contributed by atoms with Gasteiger partial charge in [0.1, 0.15) is 23.1 Å². The summed E-state index contributed by atoms with van der Waals surface area (Å²) >= 11 is 0. The van der Waals surface area contributed by atoms with Crippen LogP contribution in [0.15, 0.2) is 54.1 Å². The van der Waals surface area contributed by atoms with Crippen molar-refractivity contribution in [2.45, 2.75) is 0 Å². The van der Waals surface area contributed by atoms with Crippen LogP contribution in [0, 0.1) is 11.3 Å². The molecule has 0 radical (unpaired) electrons. The molecule has 0 spiro atoms. The lowest BCUT2D eigenvalue weighted by atomic mass is 10.0. The molecule has 2 aromatic rings. The van der Waals surface area contributed by atoms with Gasteiger partial charge in [-0.05, 0) is 23.8 Å². The number of ketones is 1. The molecule has 0 aromatic heterocycles. The lowest BCUT2D eigenvalue weighted by molar-refractivity contribution is 0.103. The smallest absolute Gasteiger partial charge is 0.207 e. The zero-order valence-electron chi connectivity index (χ0n) is 11.4. The van der Waals surface area contributed by atoms with Crippen LogP contribution in [0.25, 0.3) is 6.08 Å². The lowest BCUT2D eigenvalue weighted by Crippen LogP contribution is -2.02. The summed E-state index contributed by atoms with van der Waals surface area (Å²) in [7, 11) is 1.46. The maximum absolute atomic E-state index is 12.3. The molecule has 0 unspecified atom stereocenters. The summed E-state index contributed by atoms with van der Waals surface area (Å²) in [6, 6.07) is 15.3. The van der Waals surface area contributed by atoms with Gasteiger partial charge in [0.15, 0.2) is 0 Å². The molecule has 0 saturated heterocycles. The van der Waals surface area contributed by atoms with Crippen molar-refractivity contribution in [3.05, 3.63) is 65.2 Å². The van der Waals surface area contributed by atoms with Gasteiger partial charge in [-0.3, -0.25) is 4.79 Å². The Hall–Kier alpha value is -3.06. The predicted molar refractivity (Wildman–Crippen MR) is 79.0 cm³/mol. The van der Waals surface area contributed by atoms with Gasteiger partial charge in [-0.1, -0.05) is 30.3 Å². The van der Waals surface area contributed by atoms with Crippen molar-refractivity contribution in [2.75, 3.05) is 7.11 Å². The number of methoxy groups -OCH3 is 1. The highest BCUT2D eigenvalue weighted by atomic mass is 16.5. The summed E-state index contributed by atoms with van der Waals surface area (Å²) in [5.74, 6) is -0.301. The van der Waals surface area contributed by atoms with Crippen LogP contribution < -0.4 is 4.74 Å². The molecule has 0 aliphatic carbocycles. The zero-order valence-corrected chi connectivity index (χ0v) is 11.4. The molecule has 21 heavy (non-hydrogen) atoms. The number of carbonyl (C=O) groups is 1. The Morgan fingerprint density at radius 2 is 1.95 bits per heavy atom. The first-order chi connectivity index (χ1) is 10.2. The molecule has 0 bridgehead atoms. The van der Waals surface area contributed by atoms with Crippen LogP contribution in [0.2, 0.25) is 0 Å². The second-order valence-electron chi connectivity index (χ2n) is 4.29. The SMILES string of the molecule is COc1ccc(C(=O)C(C#N)=Cc2ccccc2)c(O)c1.